The van der Waals surface area contributed by atoms with Crippen molar-refractivity contribution in [3.05, 3.63) is 86.1 Å². The summed E-state index contributed by atoms with van der Waals surface area (Å²) in [7, 11) is -4.50. The maximum Gasteiger partial charge on any atom is 0.338 e. The van der Waals surface area contributed by atoms with E-state index >= 15 is 0 Å². The minimum absolute atomic E-state index is 0.0136. The van der Waals surface area contributed by atoms with Crippen molar-refractivity contribution in [2.45, 2.75) is 11.8 Å². The molecule has 0 aliphatic heterocycles. The van der Waals surface area contributed by atoms with Gasteiger partial charge in [-0.1, -0.05) is 0 Å². The molecule has 9 nitrogen and oxygen atoms in total. The molecule has 0 bridgehead atoms. The number of carbonyl (C=O) groups excluding carboxylic acids is 3. The first-order chi connectivity index (χ1) is 18.2. The number of rotatable bonds is 9. The summed E-state index contributed by atoms with van der Waals surface area (Å²) in [6.45, 7) is 0.460. The predicted octanol–water partition coefficient (Wildman–Crippen LogP) is 5.98. The zero-order chi connectivity index (χ0) is 29.0. The van der Waals surface area contributed by atoms with Gasteiger partial charge in [0, 0.05) is 14.3 Å². The SMILES string of the molecule is CC(COC(=O)c1ccc(I)cc1)(COC(=O)c1ccc(I)cc1)C(=O)Oc1cc(I)c(S(=O)(=O)O)c(I)c1. The van der Waals surface area contributed by atoms with Gasteiger partial charge in [-0.25, -0.2) is 9.59 Å². The number of carbonyl (C=O) groups is 3. The second-order valence-corrected chi connectivity index (χ2v) is 14.5. The maximum absolute atomic E-state index is 13.3. The summed E-state index contributed by atoms with van der Waals surface area (Å²) in [5, 5.41) is 0. The Morgan fingerprint density at radius 2 is 1.15 bits per heavy atom. The van der Waals surface area contributed by atoms with Gasteiger partial charge < -0.3 is 14.2 Å². The second kappa shape index (κ2) is 13.7. The molecule has 3 aromatic carbocycles. The van der Waals surface area contributed by atoms with Crippen LogP contribution in [0.1, 0.15) is 27.6 Å². The van der Waals surface area contributed by atoms with Crippen LogP contribution < -0.4 is 4.74 Å². The first-order valence-corrected chi connectivity index (χ1v) is 16.5. The molecule has 0 spiro atoms. The molecule has 0 amide bonds. The van der Waals surface area contributed by atoms with Crippen LogP contribution in [0.2, 0.25) is 0 Å². The van der Waals surface area contributed by atoms with E-state index in [1.165, 1.54) is 19.1 Å². The summed E-state index contributed by atoms with van der Waals surface area (Å²) in [5.41, 5.74) is -1.09. The molecule has 3 aromatic rings. The van der Waals surface area contributed by atoms with Crippen molar-refractivity contribution in [3.63, 3.8) is 0 Å². The molecule has 0 radical (unpaired) electrons. The van der Waals surface area contributed by atoms with Gasteiger partial charge in [0.25, 0.3) is 10.1 Å². The summed E-state index contributed by atoms with van der Waals surface area (Å²) in [6, 6.07) is 15.8. The quantitative estimate of drug-likeness (QED) is 0.119. The lowest BCUT2D eigenvalue weighted by Crippen LogP contribution is -2.42. The first-order valence-electron chi connectivity index (χ1n) is 10.7. The molecule has 39 heavy (non-hydrogen) atoms. The maximum atomic E-state index is 13.3. The van der Waals surface area contributed by atoms with E-state index < -0.39 is 46.7 Å². The molecule has 0 saturated carbocycles. The Bertz CT molecular complexity index is 1420. The van der Waals surface area contributed by atoms with Crippen LogP contribution >= 0.6 is 90.4 Å². The van der Waals surface area contributed by atoms with E-state index in [1.807, 2.05) is 0 Å². The fraction of sp³-hybridized carbons (Fsp3) is 0.160. The Hall–Kier alpha value is -1.10. The minimum Gasteiger partial charge on any atom is -0.461 e. The Morgan fingerprint density at radius 1 is 0.769 bits per heavy atom. The lowest BCUT2D eigenvalue weighted by molar-refractivity contribution is -0.150. The molecule has 0 saturated heterocycles. The number of esters is 3. The Balaban J connectivity index is 1.84. The van der Waals surface area contributed by atoms with Gasteiger partial charge in [-0.05, 0) is 158 Å². The fourth-order valence-electron chi connectivity index (χ4n) is 3.02. The predicted molar refractivity (Wildman–Crippen MR) is 174 cm³/mol. The van der Waals surface area contributed by atoms with Crippen molar-refractivity contribution < 1.29 is 41.6 Å². The van der Waals surface area contributed by atoms with Crippen LogP contribution in [0.5, 0.6) is 5.75 Å². The molecule has 0 fully saturated rings. The van der Waals surface area contributed by atoms with E-state index in [0.717, 1.165) is 7.14 Å². The molecule has 0 heterocycles. The highest BCUT2D eigenvalue weighted by Gasteiger charge is 2.39. The summed E-state index contributed by atoms with van der Waals surface area (Å²) in [6.07, 6.45) is 0. The smallest absolute Gasteiger partial charge is 0.338 e. The van der Waals surface area contributed by atoms with Crippen LogP contribution in [0.3, 0.4) is 0 Å². The topological polar surface area (TPSA) is 133 Å². The van der Waals surface area contributed by atoms with E-state index in [2.05, 4.69) is 45.2 Å². The molecular formula is C25H18I4O9S. The Kier molecular flexibility index (Phi) is 11.4. The summed E-state index contributed by atoms with van der Waals surface area (Å²) >= 11 is 7.59. The molecule has 206 valence electrons. The number of halogens is 4. The zero-order valence-electron chi connectivity index (χ0n) is 19.8. The van der Waals surface area contributed by atoms with E-state index in [1.54, 1.807) is 93.7 Å². The molecule has 0 aliphatic rings. The molecule has 14 heteroatoms. The van der Waals surface area contributed by atoms with Crippen LogP contribution in [-0.2, 0) is 24.4 Å². The highest BCUT2D eigenvalue weighted by Crippen LogP contribution is 2.31. The number of ether oxygens (including phenoxy) is 3. The number of hydrogen-bond acceptors (Lipinski definition) is 8. The molecule has 0 aliphatic carbocycles. The molecule has 3 rings (SSSR count). The molecule has 0 aromatic heterocycles. The van der Waals surface area contributed by atoms with E-state index in [0.29, 0.717) is 0 Å². The monoisotopic (exact) mass is 1000 g/mol. The van der Waals surface area contributed by atoms with Crippen molar-refractivity contribution in [1.82, 2.24) is 0 Å². The standard InChI is InChI=1S/C25H18I4O9S/c1-25(12-36-22(30)14-2-6-16(26)7-3-14,13-37-23(31)15-4-8-17(27)9-5-15)24(32)38-18-10-19(28)21(20(29)11-18)39(33,34)35/h2-11H,12-13H2,1H3,(H,33,34,35). The normalized spacial score (nSPS) is 11.5. The van der Waals surface area contributed by atoms with Crippen molar-refractivity contribution in [1.29, 1.82) is 0 Å². The van der Waals surface area contributed by atoms with Gasteiger partial charge in [-0.3, -0.25) is 9.35 Å². The number of hydrogen-bond donors (Lipinski definition) is 1. The average Bonchev–Trinajstić information content (AvgIpc) is 2.85. The minimum atomic E-state index is -4.50. The fourth-order valence-corrected chi connectivity index (χ4v) is 7.73. The van der Waals surface area contributed by atoms with Crippen molar-refractivity contribution in [2.24, 2.45) is 5.41 Å². The summed E-state index contributed by atoms with van der Waals surface area (Å²) < 4.78 is 51.2. The van der Waals surface area contributed by atoms with Gasteiger partial charge in [-0.2, -0.15) is 8.42 Å². The third-order valence-corrected chi connectivity index (χ3v) is 9.96. The lowest BCUT2D eigenvalue weighted by atomic mass is 9.93. The van der Waals surface area contributed by atoms with E-state index in [4.69, 9.17) is 14.2 Å². The van der Waals surface area contributed by atoms with E-state index in [-0.39, 0.29) is 28.9 Å². The molecule has 0 atom stereocenters. The third-order valence-electron chi connectivity index (χ3n) is 5.14. The van der Waals surface area contributed by atoms with Crippen LogP contribution in [-0.4, -0.2) is 44.1 Å². The largest absolute Gasteiger partial charge is 0.461 e. The van der Waals surface area contributed by atoms with Crippen LogP contribution in [0.25, 0.3) is 0 Å². The van der Waals surface area contributed by atoms with Gasteiger partial charge in [0.15, 0.2) is 0 Å². The Morgan fingerprint density at radius 3 is 1.51 bits per heavy atom. The average molecular weight is 1000 g/mol. The molecule has 0 unspecified atom stereocenters. The van der Waals surface area contributed by atoms with Crippen molar-refractivity contribution in [3.8, 4) is 5.75 Å². The second-order valence-electron chi connectivity index (χ2n) is 8.31. The highest BCUT2D eigenvalue weighted by atomic mass is 127. The third kappa shape index (κ3) is 8.94. The molecular weight excluding hydrogens is 984 g/mol. The van der Waals surface area contributed by atoms with Gasteiger partial charge >= 0.3 is 17.9 Å². The van der Waals surface area contributed by atoms with Crippen LogP contribution in [0.4, 0.5) is 0 Å². The van der Waals surface area contributed by atoms with Gasteiger partial charge in [0.2, 0.25) is 0 Å². The van der Waals surface area contributed by atoms with Gasteiger partial charge in [0.05, 0.1) is 11.1 Å². The summed E-state index contributed by atoms with van der Waals surface area (Å²) in [5.74, 6) is -2.27. The van der Waals surface area contributed by atoms with Crippen molar-refractivity contribution >= 4 is 118 Å². The van der Waals surface area contributed by atoms with Crippen LogP contribution in [0, 0.1) is 19.7 Å². The van der Waals surface area contributed by atoms with Gasteiger partial charge in [0.1, 0.15) is 29.3 Å². The lowest BCUT2D eigenvalue weighted by Gasteiger charge is -2.26. The Labute approximate surface area is 279 Å². The molecule has 1 N–H and O–H groups in total. The highest BCUT2D eigenvalue weighted by molar-refractivity contribution is 14.1. The van der Waals surface area contributed by atoms with E-state index in [9.17, 15) is 27.4 Å². The summed E-state index contributed by atoms with van der Waals surface area (Å²) in [4.78, 5) is 38.3. The first kappa shape index (κ1) is 32.4. The van der Waals surface area contributed by atoms with Crippen molar-refractivity contribution in [2.75, 3.05) is 13.2 Å². The van der Waals surface area contributed by atoms with Crippen LogP contribution in [0.15, 0.2) is 65.6 Å². The van der Waals surface area contributed by atoms with Gasteiger partial charge in [-0.15, -0.1) is 0 Å². The zero-order valence-corrected chi connectivity index (χ0v) is 29.3. The number of benzene rings is 3.